The smallest absolute Gasteiger partial charge is 0.122 e. The van der Waals surface area contributed by atoms with Gasteiger partial charge in [-0.3, -0.25) is 4.99 Å². The fourth-order valence-electron chi connectivity index (χ4n) is 0.553. The molecule has 0 fully saturated rings. The van der Waals surface area contributed by atoms with E-state index >= 15 is 0 Å². The molecule has 0 aliphatic heterocycles. The third-order valence-corrected chi connectivity index (χ3v) is 4.64. The van der Waals surface area contributed by atoms with Crippen molar-refractivity contribution in [1.82, 2.24) is 0 Å². The first kappa shape index (κ1) is 8.30. The van der Waals surface area contributed by atoms with Crippen molar-refractivity contribution >= 4 is 32.4 Å². The zero-order valence-corrected chi connectivity index (χ0v) is 8.41. The van der Waals surface area contributed by atoms with Gasteiger partial charge in [-0.15, -0.1) is 11.8 Å². The van der Waals surface area contributed by atoms with Crippen molar-refractivity contribution < 1.29 is 0 Å². The molecule has 10 heavy (non-hydrogen) atoms. The molecule has 0 N–H and O–H groups in total. The van der Waals surface area contributed by atoms with Gasteiger partial charge in [-0.2, -0.15) is 0 Å². The van der Waals surface area contributed by atoms with E-state index in [1.165, 1.54) is 4.21 Å². The van der Waals surface area contributed by atoms with Crippen LogP contribution in [-0.4, -0.2) is 12.8 Å². The van der Waals surface area contributed by atoms with Gasteiger partial charge < -0.3 is 0 Å². The van der Waals surface area contributed by atoms with Crippen molar-refractivity contribution in [3.63, 3.8) is 0 Å². The average Bonchev–Trinajstić information content (AvgIpc) is 2.37. The molecule has 0 bridgehead atoms. The molecular weight excluding hydrogens is 182 g/mol. The molecule has 1 aromatic rings. The predicted octanol–water partition coefficient (Wildman–Crippen LogP) is 2.45. The van der Waals surface area contributed by atoms with Gasteiger partial charge in [0.25, 0.3) is 0 Å². The van der Waals surface area contributed by atoms with E-state index in [-0.39, 0.29) is 0 Å². The van der Waals surface area contributed by atoms with Crippen molar-refractivity contribution in [3.05, 3.63) is 10.7 Å². The lowest BCUT2D eigenvalue weighted by molar-refractivity contribution is 1.08. The molecule has 0 atom stereocenters. The Labute approximate surface area is 72.2 Å². The van der Waals surface area contributed by atoms with Gasteiger partial charge in [-0.05, 0) is 19.2 Å². The van der Waals surface area contributed by atoms with Gasteiger partial charge in [0.05, 0.1) is 4.21 Å². The van der Waals surface area contributed by atoms with Gasteiger partial charge >= 0.3 is 0 Å². The highest BCUT2D eigenvalue weighted by Gasteiger charge is 1.91. The first-order valence-electron chi connectivity index (χ1n) is 3.01. The standard InChI is InChI=1S/C6H9NS3/c1-3-7-5-4-6(8-2)10-9-5/h4H,3H2,1-2H3. The largest absolute Gasteiger partial charge is 0.274 e. The summed E-state index contributed by atoms with van der Waals surface area (Å²) in [5, 5.41) is 0. The second kappa shape index (κ2) is 4.16. The van der Waals surface area contributed by atoms with Crippen LogP contribution >= 0.6 is 32.4 Å². The van der Waals surface area contributed by atoms with Crippen molar-refractivity contribution in [2.45, 2.75) is 11.1 Å². The molecule has 0 aliphatic carbocycles. The van der Waals surface area contributed by atoms with E-state index in [0.717, 1.165) is 11.2 Å². The molecule has 1 aromatic heterocycles. The van der Waals surface area contributed by atoms with E-state index in [0.29, 0.717) is 0 Å². The number of rotatable bonds is 2. The van der Waals surface area contributed by atoms with Crippen molar-refractivity contribution in [1.29, 1.82) is 0 Å². The number of thioether (sulfide) groups is 1. The van der Waals surface area contributed by atoms with Crippen molar-refractivity contribution in [2.75, 3.05) is 12.8 Å². The highest BCUT2D eigenvalue weighted by atomic mass is 32.9. The van der Waals surface area contributed by atoms with Crippen LogP contribution in [0.5, 0.6) is 0 Å². The minimum Gasteiger partial charge on any atom is -0.274 e. The molecule has 0 aromatic carbocycles. The van der Waals surface area contributed by atoms with E-state index in [4.69, 9.17) is 0 Å². The summed E-state index contributed by atoms with van der Waals surface area (Å²) in [7, 11) is 3.55. The fraction of sp³-hybridized carbons (Fsp3) is 0.500. The minimum atomic E-state index is 0.890. The molecule has 0 spiro atoms. The van der Waals surface area contributed by atoms with Crippen LogP contribution in [0.4, 0.5) is 0 Å². The number of hydrogen-bond acceptors (Lipinski definition) is 4. The Balaban J connectivity index is 2.88. The molecule has 0 radical (unpaired) electrons. The maximum atomic E-state index is 4.29. The monoisotopic (exact) mass is 191 g/mol. The molecule has 0 saturated heterocycles. The molecule has 0 unspecified atom stereocenters. The first-order valence-corrected chi connectivity index (χ1v) is 6.39. The van der Waals surface area contributed by atoms with Crippen LogP contribution in [0.3, 0.4) is 0 Å². The molecule has 1 rings (SSSR count). The third kappa shape index (κ3) is 2.11. The molecule has 0 amide bonds. The van der Waals surface area contributed by atoms with Gasteiger partial charge in [0.2, 0.25) is 0 Å². The lowest BCUT2D eigenvalue weighted by Gasteiger charge is -1.78. The molecule has 0 saturated carbocycles. The molecule has 0 aliphatic rings. The maximum Gasteiger partial charge on any atom is 0.122 e. The van der Waals surface area contributed by atoms with Crippen LogP contribution in [0.1, 0.15) is 6.92 Å². The quantitative estimate of drug-likeness (QED) is 0.517. The summed E-state index contributed by atoms with van der Waals surface area (Å²) in [6, 6.07) is 2.14. The normalized spacial score (nSPS) is 12.4. The minimum absolute atomic E-state index is 0.890. The molecule has 1 heterocycles. The lowest BCUT2D eigenvalue weighted by atomic mass is 10.7. The van der Waals surface area contributed by atoms with E-state index in [1.807, 2.05) is 0 Å². The van der Waals surface area contributed by atoms with Gasteiger partial charge in [0.15, 0.2) is 0 Å². The molecule has 56 valence electrons. The van der Waals surface area contributed by atoms with Gasteiger partial charge in [0.1, 0.15) is 4.67 Å². The van der Waals surface area contributed by atoms with Crippen LogP contribution in [0, 0.1) is 0 Å². The van der Waals surface area contributed by atoms with Crippen molar-refractivity contribution in [3.8, 4) is 0 Å². The Morgan fingerprint density at radius 3 is 2.90 bits per heavy atom. The fourth-order valence-corrected chi connectivity index (χ4v) is 3.75. The summed E-state index contributed by atoms with van der Waals surface area (Å²) in [5.41, 5.74) is 0. The van der Waals surface area contributed by atoms with Crippen LogP contribution in [-0.2, 0) is 0 Å². The summed E-state index contributed by atoms with van der Waals surface area (Å²) in [4.78, 5) is 4.29. The zero-order chi connectivity index (χ0) is 7.40. The summed E-state index contributed by atoms with van der Waals surface area (Å²) < 4.78 is 2.52. The summed E-state index contributed by atoms with van der Waals surface area (Å²) in [6.45, 7) is 2.95. The zero-order valence-electron chi connectivity index (χ0n) is 5.96. The average molecular weight is 191 g/mol. The van der Waals surface area contributed by atoms with Crippen LogP contribution in [0.15, 0.2) is 15.3 Å². The Morgan fingerprint density at radius 2 is 2.40 bits per heavy atom. The van der Waals surface area contributed by atoms with Crippen molar-refractivity contribution in [2.24, 2.45) is 4.99 Å². The SMILES string of the molecule is CCN=c1cc(SC)ss1. The molecule has 1 nitrogen and oxygen atoms in total. The van der Waals surface area contributed by atoms with E-state index < -0.39 is 0 Å². The van der Waals surface area contributed by atoms with Gasteiger partial charge in [-0.1, -0.05) is 20.7 Å². The van der Waals surface area contributed by atoms with Crippen LogP contribution in [0.25, 0.3) is 0 Å². The van der Waals surface area contributed by atoms with E-state index in [2.05, 4.69) is 24.2 Å². The number of nitrogens with zero attached hydrogens (tertiary/aromatic N) is 1. The number of hydrogen-bond donors (Lipinski definition) is 0. The molecule has 4 heteroatoms. The predicted molar refractivity (Wildman–Crippen MR) is 50.1 cm³/mol. The highest BCUT2D eigenvalue weighted by molar-refractivity contribution is 8.02. The summed E-state index contributed by atoms with van der Waals surface area (Å²) >= 11 is 1.78. The lowest BCUT2D eigenvalue weighted by Crippen LogP contribution is -1.89. The highest BCUT2D eigenvalue weighted by Crippen LogP contribution is 2.20. The first-order chi connectivity index (χ1) is 4.86. The topological polar surface area (TPSA) is 12.4 Å². The van der Waals surface area contributed by atoms with Gasteiger partial charge in [0, 0.05) is 6.54 Å². The Bertz CT molecular complexity index is 247. The Kier molecular flexibility index (Phi) is 3.45. The third-order valence-electron chi connectivity index (χ3n) is 0.966. The Morgan fingerprint density at radius 1 is 1.60 bits per heavy atom. The van der Waals surface area contributed by atoms with Gasteiger partial charge in [-0.25, -0.2) is 0 Å². The molecular formula is C6H9NS3. The van der Waals surface area contributed by atoms with Crippen LogP contribution < -0.4 is 4.67 Å². The summed E-state index contributed by atoms with van der Waals surface area (Å²) in [5.74, 6) is 0. The van der Waals surface area contributed by atoms with E-state index in [9.17, 15) is 0 Å². The summed E-state index contributed by atoms with van der Waals surface area (Å²) in [6.07, 6.45) is 2.09. The van der Waals surface area contributed by atoms with E-state index in [1.54, 1.807) is 32.4 Å². The van der Waals surface area contributed by atoms with Crippen LogP contribution in [0.2, 0.25) is 0 Å². The second-order valence-electron chi connectivity index (χ2n) is 1.65. The maximum absolute atomic E-state index is 4.29. The second-order valence-corrected chi connectivity index (χ2v) is 4.94. The Hall–Kier alpha value is 0.200.